The molecule has 0 aliphatic carbocycles. The molecule has 1 heteroatoms. The number of rotatable bonds is 2. The Morgan fingerprint density at radius 1 is 1.62 bits per heavy atom. The van der Waals surface area contributed by atoms with E-state index in [1.165, 1.54) is 6.08 Å². The van der Waals surface area contributed by atoms with Gasteiger partial charge in [0.15, 0.2) is 0 Å². The first-order valence-corrected chi connectivity index (χ1v) is 2.97. The minimum atomic E-state index is 0.000000000000000222. The minimum Gasteiger partial charge on any atom is -0.212 e. The van der Waals surface area contributed by atoms with E-state index in [4.69, 9.17) is 0 Å². The molecule has 0 atom stereocenters. The van der Waals surface area contributed by atoms with Crippen molar-refractivity contribution in [2.45, 2.75) is 27.2 Å². The fourth-order valence-corrected chi connectivity index (χ4v) is 0.508. The smallest absolute Gasteiger partial charge is 0.0959 e. The molecule has 0 saturated carbocycles. The van der Waals surface area contributed by atoms with Gasteiger partial charge in [0.2, 0.25) is 0 Å². The van der Waals surface area contributed by atoms with Crippen molar-refractivity contribution in [2.24, 2.45) is 5.92 Å². The molecule has 0 fully saturated rings. The molecule has 0 unspecified atom stereocenters. The largest absolute Gasteiger partial charge is 0.212 e. The zero-order chi connectivity index (χ0) is 6.57. The predicted molar refractivity (Wildman–Crippen MR) is 34.3 cm³/mol. The number of halogens is 1. The summed E-state index contributed by atoms with van der Waals surface area (Å²) in [5.41, 5.74) is 0. The van der Waals surface area contributed by atoms with Crippen molar-refractivity contribution in [2.75, 3.05) is 0 Å². The average Bonchev–Trinajstić information content (AvgIpc) is 1.65. The maximum absolute atomic E-state index is 12.2. The van der Waals surface area contributed by atoms with Gasteiger partial charge in [0.1, 0.15) is 0 Å². The van der Waals surface area contributed by atoms with Gasteiger partial charge in [-0.15, -0.1) is 0 Å². The fourth-order valence-electron chi connectivity index (χ4n) is 0.508. The lowest BCUT2D eigenvalue weighted by Crippen LogP contribution is -1.85. The van der Waals surface area contributed by atoms with Crippen LogP contribution in [0.3, 0.4) is 0 Å². The van der Waals surface area contributed by atoms with Gasteiger partial charge in [-0.05, 0) is 12.8 Å². The van der Waals surface area contributed by atoms with Gasteiger partial charge < -0.3 is 0 Å². The van der Waals surface area contributed by atoms with Crippen molar-refractivity contribution in [1.29, 1.82) is 0 Å². The van der Waals surface area contributed by atoms with E-state index < -0.39 is 0 Å². The molecule has 0 amide bonds. The predicted octanol–water partition coefficient (Wildman–Crippen LogP) is 2.91. The van der Waals surface area contributed by atoms with Crippen LogP contribution in [0.25, 0.3) is 0 Å². The first-order chi connectivity index (χ1) is 3.66. The lowest BCUT2D eigenvalue weighted by atomic mass is 10.1. The van der Waals surface area contributed by atoms with Gasteiger partial charge in [-0.3, -0.25) is 0 Å². The molecule has 0 rings (SSSR count). The number of hydrogen-bond acceptors (Lipinski definition) is 0. The van der Waals surface area contributed by atoms with E-state index in [-0.39, 0.29) is 5.83 Å². The fraction of sp³-hybridized carbons (Fsp3) is 0.714. The van der Waals surface area contributed by atoms with Crippen LogP contribution in [0.2, 0.25) is 0 Å². The third-order valence-corrected chi connectivity index (χ3v) is 0.916. The van der Waals surface area contributed by atoms with Crippen LogP contribution in [-0.2, 0) is 0 Å². The van der Waals surface area contributed by atoms with E-state index in [1.807, 2.05) is 13.8 Å². The lowest BCUT2D eigenvalue weighted by molar-refractivity contribution is 0.515. The highest BCUT2D eigenvalue weighted by atomic mass is 19.1. The summed E-state index contributed by atoms with van der Waals surface area (Å²) in [6.07, 6.45) is 2.09. The van der Waals surface area contributed by atoms with E-state index in [0.29, 0.717) is 12.3 Å². The van der Waals surface area contributed by atoms with Crippen molar-refractivity contribution in [3.05, 3.63) is 11.9 Å². The van der Waals surface area contributed by atoms with Crippen molar-refractivity contribution in [3.8, 4) is 0 Å². The molecule has 0 saturated heterocycles. The lowest BCUT2D eigenvalue weighted by Gasteiger charge is -1.98. The molecule has 0 aromatic carbocycles. The van der Waals surface area contributed by atoms with E-state index in [2.05, 4.69) is 0 Å². The van der Waals surface area contributed by atoms with Crippen molar-refractivity contribution < 1.29 is 4.39 Å². The van der Waals surface area contributed by atoms with Crippen LogP contribution in [0.1, 0.15) is 27.2 Å². The summed E-state index contributed by atoms with van der Waals surface area (Å²) in [6, 6.07) is 0. The van der Waals surface area contributed by atoms with E-state index >= 15 is 0 Å². The summed E-state index contributed by atoms with van der Waals surface area (Å²) in [6.45, 7) is 5.73. The van der Waals surface area contributed by atoms with Gasteiger partial charge in [0.05, 0.1) is 5.83 Å². The molecule has 0 aliphatic rings. The summed E-state index contributed by atoms with van der Waals surface area (Å²) in [4.78, 5) is 0. The van der Waals surface area contributed by atoms with E-state index in [1.54, 1.807) is 6.92 Å². The van der Waals surface area contributed by atoms with E-state index in [9.17, 15) is 4.39 Å². The van der Waals surface area contributed by atoms with Crippen LogP contribution in [0.15, 0.2) is 11.9 Å². The molecule has 0 radical (unpaired) electrons. The molecule has 0 nitrogen and oxygen atoms in total. The summed E-state index contributed by atoms with van der Waals surface area (Å²) < 4.78 is 12.2. The Morgan fingerprint density at radius 3 is 2.25 bits per heavy atom. The van der Waals surface area contributed by atoms with Gasteiger partial charge in [-0.25, -0.2) is 4.39 Å². The Balaban J connectivity index is 3.39. The zero-order valence-electron chi connectivity index (χ0n) is 5.74. The molecule has 8 heavy (non-hydrogen) atoms. The molecule has 0 bridgehead atoms. The highest BCUT2D eigenvalue weighted by molar-refractivity contribution is 4.88. The van der Waals surface area contributed by atoms with Crippen LogP contribution in [-0.4, -0.2) is 0 Å². The average molecular weight is 116 g/mol. The maximum Gasteiger partial charge on any atom is 0.0959 e. The van der Waals surface area contributed by atoms with Gasteiger partial charge >= 0.3 is 0 Å². The van der Waals surface area contributed by atoms with Gasteiger partial charge in [0, 0.05) is 6.42 Å². The third-order valence-electron chi connectivity index (χ3n) is 0.916. The molecule has 0 heterocycles. The molecule has 48 valence electrons. The quantitative estimate of drug-likeness (QED) is 0.520. The highest BCUT2D eigenvalue weighted by Crippen LogP contribution is 2.10. The Labute approximate surface area is 50.4 Å². The minimum absolute atomic E-state index is 0.000000000000000222. The topological polar surface area (TPSA) is 0 Å². The van der Waals surface area contributed by atoms with Gasteiger partial charge in [-0.2, -0.15) is 0 Å². The molecular weight excluding hydrogens is 103 g/mol. The Kier molecular flexibility index (Phi) is 3.49. The second kappa shape index (κ2) is 3.65. The first kappa shape index (κ1) is 7.67. The highest BCUT2D eigenvalue weighted by Gasteiger charge is 1.95. The van der Waals surface area contributed by atoms with Crippen LogP contribution in [0.4, 0.5) is 4.39 Å². The Hall–Kier alpha value is -0.330. The van der Waals surface area contributed by atoms with Gasteiger partial charge in [0.25, 0.3) is 0 Å². The van der Waals surface area contributed by atoms with Gasteiger partial charge in [-0.1, -0.05) is 19.9 Å². The van der Waals surface area contributed by atoms with E-state index in [0.717, 1.165) is 0 Å². The maximum atomic E-state index is 12.2. The SMILES string of the molecule is C/C=C(/F)CC(C)C. The zero-order valence-corrected chi connectivity index (χ0v) is 5.74. The molecular formula is C7H13F. The van der Waals surface area contributed by atoms with Crippen LogP contribution in [0, 0.1) is 5.92 Å². The van der Waals surface area contributed by atoms with Crippen molar-refractivity contribution >= 4 is 0 Å². The van der Waals surface area contributed by atoms with Crippen LogP contribution >= 0.6 is 0 Å². The summed E-state index contributed by atoms with van der Waals surface area (Å²) in [5.74, 6) is 0.436. The summed E-state index contributed by atoms with van der Waals surface area (Å²) >= 11 is 0. The molecule has 0 N–H and O–H groups in total. The van der Waals surface area contributed by atoms with Crippen LogP contribution < -0.4 is 0 Å². The number of allylic oxidation sites excluding steroid dienone is 2. The normalized spacial score (nSPS) is 12.9. The standard InChI is InChI=1S/C7H13F/c1-4-7(8)5-6(2)3/h4,6H,5H2,1-3H3/b7-4+. The second-order valence-electron chi connectivity index (χ2n) is 2.33. The first-order valence-electron chi connectivity index (χ1n) is 2.97. The Morgan fingerprint density at radius 2 is 2.12 bits per heavy atom. The monoisotopic (exact) mass is 116 g/mol. The van der Waals surface area contributed by atoms with Crippen molar-refractivity contribution in [3.63, 3.8) is 0 Å². The number of hydrogen-bond donors (Lipinski definition) is 0. The summed E-state index contributed by atoms with van der Waals surface area (Å²) in [5, 5.41) is 0. The molecule has 0 aromatic heterocycles. The Bertz CT molecular complexity index is 82.4. The molecule has 0 aliphatic heterocycles. The van der Waals surface area contributed by atoms with Crippen LogP contribution in [0.5, 0.6) is 0 Å². The third kappa shape index (κ3) is 3.85. The summed E-state index contributed by atoms with van der Waals surface area (Å²) in [7, 11) is 0. The second-order valence-corrected chi connectivity index (χ2v) is 2.33. The molecule has 0 aromatic rings. The van der Waals surface area contributed by atoms with Crippen molar-refractivity contribution in [1.82, 2.24) is 0 Å². The molecule has 0 spiro atoms.